The van der Waals surface area contributed by atoms with Crippen LogP contribution in [0.4, 0.5) is 11.4 Å². The van der Waals surface area contributed by atoms with Crippen molar-refractivity contribution in [2.24, 2.45) is 0 Å². The highest BCUT2D eigenvalue weighted by Gasteiger charge is 2.26. The molecule has 35 heavy (non-hydrogen) atoms. The Hall–Kier alpha value is -3.65. The third-order valence-corrected chi connectivity index (χ3v) is 8.04. The number of anilines is 2. The molecule has 0 bridgehead atoms. The lowest BCUT2D eigenvalue weighted by atomic mass is 9.95. The molecule has 0 unspecified atom stereocenters. The lowest BCUT2D eigenvalue weighted by Gasteiger charge is -2.24. The fourth-order valence-electron chi connectivity index (χ4n) is 4.31. The van der Waals surface area contributed by atoms with Crippen LogP contribution in [0, 0.1) is 0 Å². The first kappa shape index (κ1) is 24.5. The van der Waals surface area contributed by atoms with E-state index in [4.69, 9.17) is 0 Å². The molecule has 7 nitrogen and oxygen atoms in total. The third-order valence-electron chi connectivity index (χ3n) is 6.25. The molecule has 1 fully saturated rings. The lowest BCUT2D eigenvalue weighted by molar-refractivity contribution is 0.0928. The number of hydrogen-bond acceptors (Lipinski definition) is 4. The van der Waals surface area contributed by atoms with Gasteiger partial charge < -0.3 is 10.6 Å². The molecule has 8 heteroatoms. The van der Waals surface area contributed by atoms with E-state index in [1.54, 1.807) is 66.7 Å². The normalized spacial score (nSPS) is 14.2. The lowest BCUT2D eigenvalue weighted by Crippen LogP contribution is -2.36. The second-order valence-corrected chi connectivity index (χ2v) is 10.6. The standard InChI is InChI=1S/C27H29N3O4S/c1-30(35(33,34)21-14-6-3-7-15-21)25-19-11-9-17-23(25)27(32)29-24-18-10-8-16-22(24)26(31)28-20-12-4-2-5-13-20/h3,6-11,14-20H,2,4-5,12-13H2,1H3,(H,28,31)(H,29,32). The number of amides is 2. The molecule has 0 spiro atoms. The molecule has 0 heterocycles. The zero-order chi connectivity index (χ0) is 24.8. The Bertz CT molecular complexity index is 1300. The molecule has 0 saturated heterocycles. The van der Waals surface area contributed by atoms with Crippen molar-refractivity contribution in [3.63, 3.8) is 0 Å². The summed E-state index contributed by atoms with van der Waals surface area (Å²) < 4.78 is 27.4. The molecule has 1 aliphatic rings. The number of nitrogens with zero attached hydrogens (tertiary/aromatic N) is 1. The smallest absolute Gasteiger partial charge is 0.264 e. The molecular formula is C27H29N3O4S. The molecule has 1 aliphatic carbocycles. The van der Waals surface area contributed by atoms with Crippen molar-refractivity contribution in [3.8, 4) is 0 Å². The fraction of sp³-hybridized carbons (Fsp3) is 0.259. The monoisotopic (exact) mass is 491 g/mol. The van der Waals surface area contributed by atoms with E-state index in [9.17, 15) is 18.0 Å². The van der Waals surface area contributed by atoms with Gasteiger partial charge in [0.2, 0.25) is 0 Å². The first-order valence-corrected chi connectivity index (χ1v) is 13.2. The summed E-state index contributed by atoms with van der Waals surface area (Å²) in [4.78, 5) is 26.4. The minimum Gasteiger partial charge on any atom is -0.349 e. The van der Waals surface area contributed by atoms with Crippen molar-refractivity contribution >= 4 is 33.2 Å². The SMILES string of the molecule is CN(c1ccccc1C(=O)Nc1ccccc1C(=O)NC1CCCCC1)S(=O)(=O)c1ccccc1. The van der Waals surface area contributed by atoms with E-state index in [1.165, 1.54) is 25.6 Å². The predicted molar refractivity (Wildman–Crippen MR) is 137 cm³/mol. The highest BCUT2D eigenvalue weighted by molar-refractivity contribution is 7.92. The van der Waals surface area contributed by atoms with Crippen molar-refractivity contribution < 1.29 is 18.0 Å². The highest BCUT2D eigenvalue weighted by atomic mass is 32.2. The van der Waals surface area contributed by atoms with Gasteiger partial charge in [-0.25, -0.2) is 8.42 Å². The Morgan fingerprint density at radius 3 is 2.09 bits per heavy atom. The maximum Gasteiger partial charge on any atom is 0.264 e. The molecule has 0 aromatic heterocycles. The molecule has 182 valence electrons. The van der Waals surface area contributed by atoms with Gasteiger partial charge in [-0.05, 0) is 49.2 Å². The van der Waals surface area contributed by atoms with Gasteiger partial charge in [0.25, 0.3) is 21.8 Å². The molecule has 2 amide bonds. The number of hydrogen-bond donors (Lipinski definition) is 2. The van der Waals surface area contributed by atoms with E-state index in [1.807, 2.05) is 0 Å². The minimum absolute atomic E-state index is 0.127. The molecule has 4 rings (SSSR count). The van der Waals surface area contributed by atoms with Crippen molar-refractivity contribution in [1.29, 1.82) is 0 Å². The maximum absolute atomic E-state index is 13.3. The molecule has 3 aromatic carbocycles. The van der Waals surface area contributed by atoms with E-state index in [0.29, 0.717) is 11.3 Å². The van der Waals surface area contributed by atoms with Gasteiger partial charge in [0.05, 0.1) is 27.4 Å². The molecule has 2 N–H and O–H groups in total. The van der Waals surface area contributed by atoms with Crippen molar-refractivity contribution in [1.82, 2.24) is 5.32 Å². The summed E-state index contributed by atoms with van der Waals surface area (Å²) in [5.41, 5.74) is 1.15. The van der Waals surface area contributed by atoms with E-state index < -0.39 is 15.9 Å². The van der Waals surface area contributed by atoms with Gasteiger partial charge in [0, 0.05) is 13.1 Å². The van der Waals surface area contributed by atoms with Gasteiger partial charge >= 0.3 is 0 Å². The second kappa shape index (κ2) is 10.7. The van der Waals surface area contributed by atoms with Crippen LogP contribution in [0.1, 0.15) is 52.8 Å². The van der Waals surface area contributed by atoms with Crippen LogP contribution in [0.2, 0.25) is 0 Å². The average Bonchev–Trinajstić information content (AvgIpc) is 2.89. The largest absolute Gasteiger partial charge is 0.349 e. The molecule has 0 radical (unpaired) electrons. The van der Waals surface area contributed by atoms with E-state index in [-0.39, 0.29) is 28.1 Å². The molecular weight excluding hydrogens is 462 g/mol. The molecule has 0 aliphatic heterocycles. The number of nitrogens with one attached hydrogen (secondary N) is 2. The molecule has 0 atom stereocenters. The number of sulfonamides is 1. The van der Waals surface area contributed by atoms with Gasteiger partial charge in [-0.2, -0.15) is 0 Å². The van der Waals surface area contributed by atoms with Crippen LogP contribution in [0.3, 0.4) is 0 Å². The number of benzene rings is 3. The Kier molecular flexibility index (Phi) is 7.51. The summed E-state index contributed by atoms with van der Waals surface area (Å²) in [6.45, 7) is 0. The fourth-order valence-corrected chi connectivity index (χ4v) is 5.55. The third kappa shape index (κ3) is 5.54. The quantitative estimate of drug-likeness (QED) is 0.495. The Labute approximate surface area is 206 Å². The zero-order valence-electron chi connectivity index (χ0n) is 19.6. The number of rotatable bonds is 7. The topological polar surface area (TPSA) is 95.6 Å². The number of para-hydroxylation sites is 2. The highest BCUT2D eigenvalue weighted by Crippen LogP contribution is 2.27. The average molecular weight is 492 g/mol. The molecule has 3 aromatic rings. The Balaban J connectivity index is 1.58. The second-order valence-electron chi connectivity index (χ2n) is 8.61. The Morgan fingerprint density at radius 2 is 1.37 bits per heavy atom. The van der Waals surface area contributed by atoms with Gasteiger partial charge in [0.15, 0.2) is 0 Å². The zero-order valence-corrected chi connectivity index (χ0v) is 20.4. The number of carbonyl (C=O) groups excluding carboxylic acids is 2. The van der Waals surface area contributed by atoms with Crippen LogP contribution >= 0.6 is 0 Å². The summed E-state index contributed by atoms with van der Waals surface area (Å²) in [5.74, 6) is -0.738. The first-order chi connectivity index (χ1) is 16.9. The van der Waals surface area contributed by atoms with Gasteiger partial charge in [-0.15, -0.1) is 0 Å². The first-order valence-electron chi connectivity index (χ1n) is 11.7. The molecule has 1 saturated carbocycles. The minimum atomic E-state index is -3.87. The predicted octanol–water partition coefficient (Wildman–Crippen LogP) is 4.83. The van der Waals surface area contributed by atoms with Crippen LogP contribution in [-0.2, 0) is 10.0 Å². The van der Waals surface area contributed by atoms with Gasteiger partial charge in [-0.3, -0.25) is 13.9 Å². The van der Waals surface area contributed by atoms with E-state index >= 15 is 0 Å². The van der Waals surface area contributed by atoms with Gasteiger partial charge in [-0.1, -0.05) is 61.7 Å². The van der Waals surface area contributed by atoms with Crippen molar-refractivity contribution in [2.45, 2.75) is 43.0 Å². The van der Waals surface area contributed by atoms with E-state index in [2.05, 4.69) is 10.6 Å². The van der Waals surface area contributed by atoms with Gasteiger partial charge in [0.1, 0.15) is 0 Å². The summed E-state index contributed by atoms with van der Waals surface area (Å²) >= 11 is 0. The summed E-state index contributed by atoms with van der Waals surface area (Å²) in [7, 11) is -2.45. The van der Waals surface area contributed by atoms with Crippen molar-refractivity contribution in [2.75, 3.05) is 16.7 Å². The van der Waals surface area contributed by atoms with Crippen LogP contribution in [-0.4, -0.2) is 33.3 Å². The van der Waals surface area contributed by atoms with Crippen LogP contribution < -0.4 is 14.9 Å². The summed E-state index contributed by atoms with van der Waals surface area (Å²) in [6.07, 6.45) is 5.29. The van der Waals surface area contributed by atoms with E-state index in [0.717, 1.165) is 30.0 Å². The van der Waals surface area contributed by atoms with Crippen molar-refractivity contribution in [3.05, 3.63) is 90.0 Å². The van der Waals surface area contributed by atoms with Crippen LogP contribution in [0.25, 0.3) is 0 Å². The summed E-state index contributed by atoms with van der Waals surface area (Å²) in [6, 6.07) is 21.5. The Morgan fingerprint density at radius 1 is 0.771 bits per heavy atom. The summed E-state index contributed by atoms with van der Waals surface area (Å²) in [5, 5.41) is 5.89. The maximum atomic E-state index is 13.3. The van der Waals surface area contributed by atoms with Crippen LogP contribution in [0.15, 0.2) is 83.8 Å². The van der Waals surface area contributed by atoms with Crippen LogP contribution in [0.5, 0.6) is 0 Å². The number of carbonyl (C=O) groups is 2.